The van der Waals surface area contributed by atoms with E-state index in [0.29, 0.717) is 14.8 Å². The van der Waals surface area contributed by atoms with Crippen molar-refractivity contribution in [2.75, 3.05) is 6.54 Å². The number of nitrogens with zero attached hydrogens (tertiary/aromatic N) is 1. The Balaban J connectivity index is 1.80. The van der Waals surface area contributed by atoms with Crippen molar-refractivity contribution in [2.24, 2.45) is 0 Å². The third-order valence-electron chi connectivity index (χ3n) is 3.46. The van der Waals surface area contributed by atoms with Crippen molar-refractivity contribution in [3.05, 3.63) is 52.0 Å². The lowest BCUT2D eigenvalue weighted by atomic mass is 10.2. The monoisotopic (exact) mass is 393 g/mol. The van der Waals surface area contributed by atoms with E-state index in [1.54, 1.807) is 30.3 Å². The number of carboxylic acid groups (broad SMARTS) is 1. The standard InChI is InChI=1S/C17H12FNO3S3/c18-12-4-2-1-3-11(12)13-6-5-10(24-13)9-14-16(22)19(17(23)25-14)8-7-15(20)21/h1-6,9H,7-8H2,(H,20,21). The molecule has 0 spiro atoms. The lowest BCUT2D eigenvalue weighted by molar-refractivity contribution is -0.137. The Labute approximate surface area is 157 Å². The lowest BCUT2D eigenvalue weighted by Crippen LogP contribution is -2.30. The largest absolute Gasteiger partial charge is 0.481 e. The van der Waals surface area contributed by atoms with E-state index in [9.17, 15) is 14.0 Å². The first kappa shape index (κ1) is 17.8. The summed E-state index contributed by atoms with van der Waals surface area (Å²) < 4.78 is 14.2. The molecular weight excluding hydrogens is 381 g/mol. The molecule has 0 bridgehead atoms. The van der Waals surface area contributed by atoms with E-state index < -0.39 is 5.97 Å². The second-order valence-electron chi connectivity index (χ2n) is 5.16. The molecule has 128 valence electrons. The van der Waals surface area contributed by atoms with Crippen molar-refractivity contribution < 1.29 is 19.1 Å². The molecule has 25 heavy (non-hydrogen) atoms. The van der Waals surface area contributed by atoms with E-state index in [2.05, 4.69) is 0 Å². The number of thiocarbonyl (C=S) groups is 1. The minimum Gasteiger partial charge on any atom is -0.481 e. The number of hydrogen-bond donors (Lipinski definition) is 1. The second-order valence-corrected chi connectivity index (χ2v) is 7.95. The molecule has 1 saturated heterocycles. The first-order chi connectivity index (χ1) is 12.0. The summed E-state index contributed by atoms with van der Waals surface area (Å²) in [5, 5.41) is 8.75. The van der Waals surface area contributed by atoms with Crippen molar-refractivity contribution in [2.45, 2.75) is 6.42 Å². The SMILES string of the molecule is O=C(O)CCN1C(=O)C(=Cc2ccc(-c3ccccc3F)s2)SC1=S. The van der Waals surface area contributed by atoms with E-state index in [4.69, 9.17) is 17.3 Å². The van der Waals surface area contributed by atoms with Gasteiger partial charge in [0.15, 0.2) is 0 Å². The molecule has 1 N–H and O–H groups in total. The van der Waals surface area contributed by atoms with Gasteiger partial charge in [0.05, 0.1) is 11.3 Å². The van der Waals surface area contributed by atoms with Gasteiger partial charge in [0.2, 0.25) is 0 Å². The van der Waals surface area contributed by atoms with E-state index >= 15 is 0 Å². The van der Waals surface area contributed by atoms with Gasteiger partial charge in [-0.3, -0.25) is 14.5 Å². The summed E-state index contributed by atoms with van der Waals surface area (Å²) in [4.78, 5) is 26.4. The van der Waals surface area contributed by atoms with Crippen LogP contribution in [0.4, 0.5) is 4.39 Å². The average molecular weight is 393 g/mol. The molecular formula is C17H12FNO3S3. The van der Waals surface area contributed by atoms with E-state index in [0.717, 1.165) is 21.5 Å². The number of thiophene rings is 1. The second kappa shape index (κ2) is 7.47. The van der Waals surface area contributed by atoms with Crippen LogP contribution in [0.25, 0.3) is 16.5 Å². The molecule has 2 heterocycles. The number of aliphatic carboxylic acids is 1. The number of halogens is 1. The number of amides is 1. The number of hydrogen-bond acceptors (Lipinski definition) is 5. The van der Waals surface area contributed by atoms with E-state index in [-0.39, 0.29) is 24.7 Å². The van der Waals surface area contributed by atoms with Gasteiger partial charge in [-0.05, 0) is 24.3 Å². The van der Waals surface area contributed by atoms with Crippen molar-refractivity contribution in [1.29, 1.82) is 0 Å². The van der Waals surface area contributed by atoms with E-state index in [1.807, 2.05) is 6.07 Å². The zero-order chi connectivity index (χ0) is 18.0. The van der Waals surface area contributed by atoms with Gasteiger partial charge in [-0.15, -0.1) is 11.3 Å². The van der Waals surface area contributed by atoms with Crippen molar-refractivity contribution in [3.8, 4) is 10.4 Å². The zero-order valence-electron chi connectivity index (χ0n) is 12.8. The van der Waals surface area contributed by atoms with Gasteiger partial charge in [-0.2, -0.15) is 0 Å². The van der Waals surface area contributed by atoms with Gasteiger partial charge in [-0.1, -0.05) is 42.2 Å². The Morgan fingerprint density at radius 2 is 2.04 bits per heavy atom. The third kappa shape index (κ3) is 3.97. The summed E-state index contributed by atoms with van der Waals surface area (Å²) >= 11 is 7.67. The van der Waals surface area contributed by atoms with Crippen LogP contribution in [-0.2, 0) is 9.59 Å². The van der Waals surface area contributed by atoms with Gasteiger partial charge in [0, 0.05) is 21.9 Å². The quantitative estimate of drug-likeness (QED) is 0.609. The van der Waals surface area contributed by atoms with Crippen LogP contribution in [0.5, 0.6) is 0 Å². The predicted molar refractivity (Wildman–Crippen MR) is 102 cm³/mol. The molecule has 1 fully saturated rings. The molecule has 1 aliphatic heterocycles. The van der Waals surface area contributed by atoms with Crippen molar-refractivity contribution in [1.82, 2.24) is 4.90 Å². The molecule has 8 heteroatoms. The molecule has 3 rings (SSSR count). The number of benzene rings is 1. The minimum atomic E-state index is -0.981. The van der Waals surface area contributed by atoms with Gasteiger partial charge in [0.25, 0.3) is 5.91 Å². The number of carbonyl (C=O) groups excluding carboxylic acids is 1. The number of thioether (sulfide) groups is 1. The third-order valence-corrected chi connectivity index (χ3v) is 5.91. The Kier molecular flexibility index (Phi) is 5.31. The van der Waals surface area contributed by atoms with Gasteiger partial charge in [-0.25, -0.2) is 4.39 Å². The molecule has 0 radical (unpaired) electrons. The molecule has 0 atom stereocenters. The Bertz CT molecular complexity index is 891. The van der Waals surface area contributed by atoms with Crippen LogP contribution in [0, 0.1) is 5.82 Å². The molecule has 1 amide bonds. The summed E-state index contributed by atoms with van der Waals surface area (Å²) in [5.74, 6) is -1.57. The summed E-state index contributed by atoms with van der Waals surface area (Å²) in [5.41, 5.74) is 0.515. The fourth-order valence-corrected chi connectivity index (χ4v) is 4.62. The van der Waals surface area contributed by atoms with Gasteiger partial charge < -0.3 is 5.11 Å². The van der Waals surface area contributed by atoms with Gasteiger partial charge >= 0.3 is 5.97 Å². The van der Waals surface area contributed by atoms with Crippen LogP contribution in [0.15, 0.2) is 41.3 Å². The summed E-state index contributed by atoms with van der Waals surface area (Å²) in [7, 11) is 0. The van der Waals surface area contributed by atoms with Crippen LogP contribution in [0.1, 0.15) is 11.3 Å². The number of carboxylic acids is 1. The van der Waals surface area contributed by atoms with Crippen LogP contribution in [0.3, 0.4) is 0 Å². The number of carbonyl (C=O) groups is 2. The highest BCUT2D eigenvalue weighted by molar-refractivity contribution is 8.26. The topological polar surface area (TPSA) is 57.6 Å². The predicted octanol–water partition coefficient (Wildman–Crippen LogP) is 4.23. The molecule has 0 aliphatic carbocycles. The first-order valence-electron chi connectivity index (χ1n) is 7.27. The fourth-order valence-electron chi connectivity index (χ4n) is 2.27. The molecule has 1 aromatic heterocycles. The van der Waals surface area contributed by atoms with Crippen LogP contribution in [0.2, 0.25) is 0 Å². The molecule has 0 unspecified atom stereocenters. The van der Waals surface area contributed by atoms with Gasteiger partial charge in [0.1, 0.15) is 10.1 Å². The highest BCUT2D eigenvalue weighted by Crippen LogP contribution is 2.36. The lowest BCUT2D eigenvalue weighted by Gasteiger charge is -2.12. The molecule has 2 aromatic rings. The number of rotatable bonds is 5. The maximum atomic E-state index is 13.9. The maximum Gasteiger partial charge on any atom is 0.305 e. The summed E-state index contributed by atoms with van der Waals surface area (Å²) in [6, 6.07) is 10.1. The smallest absolute Gasteiger partial charge is 0.305 e. The van der Waals surface area contributed by atoms with Crippen LogP contribution >= 0.6 is 35.3 Å². The Morgan fingerprint density at radius 1 is 1.28 bits per heavy atom. The minimum absolute atomic E-state index is 0.0578. The average Bonchev–Trinajstić information content (AvgIpc) is 3.12. The summed E-state index contributed by atoms with van der Waals surface area (Å²) in [6.45, 7) is 0.0578. The maximum absolute atomic E-state index is 13.9. The Morgan fingerprint density at radius 3 is 2.76 bits per heavy atom. The first-order valence-corrected chi connectivity index (χ1v) is 9.32. The molecule has 4 nitrogen and oxygen atoms in total. The molecule has 0 saturated carbocycles. The normalized spacial score (nSPS) is 16.0. The van der Waals surface area contributed by atoms with Crippen molar-refractivity contribution in [3.63, 3.8) is 0 Å². The van der Waals surface area contributed by atoms with Crippen LogP contribution < -0.4 is 0 Å². The Hall–Kier alpha value is -2.03. The summed E-state index contributed by atoms with van der Waals surface area (Å²) in [6.07, 6.45) is 1.55. The molecule has 1 aliphatic rings. The highest BCUT2D eigenvalue weighted by atomic mass is 32.2. The molecule has 1 aromatic carbocycles. The fraction of sp³-hybridized carbons (Fsp3) is 0.118. The van der Waals surface area contributed by atoms with Crippen molar-refractivity contribution >= 4 is 57.6 Å². The van der Waals surface area contributed by atoms with Crippen LogP contribution in [-0.4, -0.2) is 32.7 Å². The zero-order valence-corrected chi connectivity index (χ0v) is 15.2. The highest BCUT2D eigenvalue weighted by Gasteiger charge is 2.32. The van der Waals surface area contributed by atoms with E-state index in [1.165, 1.54) is 22.3 Å².